The van der Waals surface area contributed by atoms with E-state index < -0.39 is 10.2 Å². The largest absolute Gasteiger partial charge is 0.289 e. The topological polar surface area (TPSA) is 83.7 Å². The van der Waals surface area contributed by atoms with Gasteiger partial charge in [0.1, 0.15) is 0 Å². The average Bonchev–Trinajstić information content (AvgIpc) is 2.16. The van der Waals surface area contributed by atoms with Gasteiger partial charge >= 0.3 is 0 Å². The number of halogens is 1. The Kier molecular flexibility index (Phi) is 3.23. The van der Waals surface area contributed by atoms with Gasteiger partial charge in [0.05, 0.1) is 10.6 Å². The highest BCUT2D eigenvalue weighted by molar-refractivity contribution is 6.67. The van der Waals surface area contributed by atoms with Crippen molar-refractivity contribution in [1.82, 2.24) is 0 Å². The van der Waals surface area contributed by atoms with E-state index in [1.54, 1.807) is 0 Å². The van der Waals surface area contributed by atoms with Crippen LogP contribution >= 0.6 is 11.6 Å². The fourth-order valence-corrected chi connectivity index (χ4v) is 1.11. The Hall–Kier alpha value is -1.66. The van der Waals surface area contributed by atoms with Crippen LogP contribution < -0.4 is 5.06 Å². The lowest BCUT2D eigenvalue weighted by Gasteiger charge is -2.10. The summed E-state index contributed by atoms with van der Waals surface area (Å²) in [5, 5.41) is 19.4. The van der Waals surface area contributed by atoms with Crippen LogP contribution in [0, 0.1) is 10.1 Å². The molecule has 0 fully saturated rings. The van der Waals surface area contributed by atoms with Crippen molar-refractivity contribution < 1.29 is 14.9 Å². The summed E-state index contributed by atoms with van der Waals surface area (Å²) in [5.74, 6) is 0. The van der Waals surface area contributed by atoms with Crippen molar-refractivity contribution in [2.45, 2.75) is 0 Å². The van der Waals surface area contributed by atoms with Gasteiger partial charge in [-0.15, -0.1) is 0 Å². The number of hydrogen-bond acceptors (Lipinski definition) is 5. The Morgan fingerprint density at radius 2 is 2.13 bits per heavy atom. The molecule has 0 amide bonds. The smallest absolute Gasteiger partial charge is 0.272 e. The second-order valence-corrected chi connectivity index (χ2v) is 3.14. The molecule has 0 aliphatic carbocycles. The first-order valence-electron chi connectivity index (χ1n) is 3.83. The lowest BCUT2D eigenvalue weighted by molar-refractivity contribution is -0.384. The highest BCUT2D eigenvalue weighted by Gasteiger charge is 2.14. The second kappa shape index (κ2) is 4.24. The van der Waals surface area contributed by atoms with Crippen molar-refractivity contribution in [1.29, 1.82) is 0 Å². The lowest BCUT2D eigenvalue weighted by Crippen LogP contribution is -2.11. The summed E-state index contributed by atoms with van der Waals surface area (Å²) in [6.07, 6.45) is 0. The molecule has 0 saturated carbocycles. The molecule has 1 aromatic carbocycles. The summed E-state index contributed by atoms with van der Waals surface area (Å²) in [6, 6.07) is 3.42. The summed E-state index contributed by atoms with van der Waals surface area (Å²) in [4.78, 5) is 20.7. The van der Waals surface area contributed by atoms with Crippen molar-refractivity contribution in [2.24, 2.45) is 0 Å². The maximum atomic E-state index is 10.8. The van der Waals surface area contributed by atoms with E-state index >= 15 is 0 Å². The minimum absolute atomic E-state index is 0.0400. The molecule has 0 saturated heterocycles. The van der Waals surface area contributed by atoms with E-state index in [9.17, 15) is 14.9 Å². The first-order chi connectivity index (χ1) is 6.91. The lowest BCUT2D eigenvalue weighted by atomic mass is 10.2. The van der Waals surface area contributed by atoms with Crippen LogP contribution in [0.15, 0.2) is 18.2 Å². The van der Waals surface area contributed by atoms with E-state index in [0.717, 1.165) is 12.1 Å². The molecule has 0 spiro atoms. The summed E-state index contributed by atoms with van der Waals surface area (Å²) in [6.45, 7) is 0. The fourth-order valence-electron chi connectivity index (χ4n) is 1.00. The van der Waals surface area contributed by atoms with E-state index in [-0.39, 0.29) is 16.9 Å². The van der Waals surface area contributed by atoms with Gasteiger partial charge in [0, 0.05) is 24.7 Å². The molecule has 0 bridgehead atoms. The number of carbonyl (C=O) groups excluding carboxylic acids is 1. The molecule has 1 N–H and O–H groups in total. The average molecular weight is 231 g/mol. The van der Waals surface area contributed by atoms with Crippen LogP contribution in [0.4, 0.5) is 11.4 Å². The second-order valence-electron chi connectivity index (χ2n) is 2.79. The molecule has 1 rings (SSSR count). The first-order valence-corrected chi connectivity index (χ1v) is 4.21. The number of rotatable bonds is 3. The third kappa shape index (κ3) is 2.64. The predicted molar refractivity (Wildman–Crippen MR) is 53.5 cm³/mol. The number of non-ortho nitro benzene ring substituents is 1. The minimum atomic E-state index is -0.818. The minimum Gasteiger partial charge on any atom is -0.289 e. The molecule has 0 aromatic heterocycles. The van der Waals surface area contributed by atoms with Crippen molar-refractivity contribution in [3.05, 3.63) is 33.9 Å². The van der Waals surface area contributed by atoms with Crippen LogP contribution in [0.25, 0.3) is 0 Å². The number of hydrogen-bond donors (Lipinski definition) is 1. The van der Waals surface area contributed by atoms with Gasteiger partial charge in [-0.2, -0.15) is 0 Å². The third-order valence-electron chi connectivity index (χ3n) is 1.71. The van der Waals surface area contributed by atoms with E-state index in [1.807, 2.05) is 0 Å². The van der Waals surface area contributed by atoms with Gasteiger partial charge in [-0.3, -0.25) is 25.2 Å². The van der Waals surface area contributed by atoms with Crippen LogP contribution in [0.5, 0.6) is 0 Å². The summed E-state index contributed by atoms with van der Waals surface area (Å²) < 4.78 is 0. The number of nitro benzene ring substituents is 1. The van der Waals surface area contributed by atoms with Crippen molar-refractivity contribution in [3.63, 3.8) is 0 Å². The Bertz CT molecular complexity index is 387. The molecule has 0 unspecified atom stereocenters. The van der Waals surface area contributed by atoms with Crippen molar-refractivity contribution in [3.8, 4) is 0 Å². The summed E-state index contributed by atoms with van der Waals surface area (Å²) in [7, 11) is 1.28. The quantitative estimate of drug-likeness (QED) is 0.486. The van der Waals surface area contributed by atoms with Crippen LogP contribution in [-0.4, -0.2) is 22.4 Å². The standard InChI is InChI=1S/C8H7ClN2O4/c1-10(13)6-2-5(8(9)12)3-7(4-6)11(14)15/h2-4,13H,1H3. The van der Waals surface area contributed by atoms with Crippen LogP contribution in [0.2, 0.25) is 0 Å². The molecule has 0 aliphatic heterocycles. The zero-order valence-corrected chi connectivity index (χ0v) is 8.43. The predicted octanol–water partition coefficient (Wildman–Crippen LogP) is 1.80. The highest BCUT2D eigenvalue weighted by Crippen LogP contribution is 2.23. The van der Waals surface area contributed by atoms with Gasteiger partial charge < -0.3 is 0 Å². The Morgan fingerprint density at radius 3 is 2.53 bits per heavy atom. The van der Waals surface area contributed by atoms with Crippen LogP contribution in [0.3, 0.4) is 0 Å². The Labute approximate surface area is 89.8 Å². The van der Waals surface area contributed by atoms with E-state index in [2.05, 4.69) is 0 Å². The number of anilines is 1. The van der Waals surface area contributed by atoms with Crippen LogP contribution in [0.1, 0.15) is 10.4 Å². The van der Waals surface area contributed by atoms with E-state index in [0.29, 0.717) is 5.06 Å². The molecule has 0 radical (unpaired) electrons. The van der Waals surface area contributed by atoms with Gasteiger partial charge in [0.2, 0.25) is 0 Å². The van der Waals surface area contributed by atoms with Gasteiger partial charge in [-0.05, 0) is 17.7 Å². The molecule has 7 heteroatoms. The molecule has 1 aromatic rings. The number of hydroxylamine groups is 1. The number of nitro groups is 1. The molecule has 0 aliphatic rings. The summed E-state index contributed by atoms with van der Waals surface area (Å²) in [5.41, 5.74) is -0.229. The zero-order valence-electron chi connectivity index (χ0n) is 7.68. The monoisotopic (exact) mass is 230 g/mol. The molecule has 80 valence electrons. The van der Waals surface area contributed by atoms with Crippen molar-refractivity contribution in [2.75, 3.05) is 12.1 Å². The van der Waals surface area contributed by atoms with E-state index in [1.165, 1.54) is 13.1 Å². The number of benzene rings is 1. The molecule has 0 atom stereocenters. The Balaban J connectivity index is 3.32. The molecule has 6 nitrogen and oxygen atoms in total. The fraction of sp³-hybridized carbons (Fsp3) is 0.125. The maximum Gasteiger partial charge on any atom is 0.272 e. The first kappa shape index (κ1) is 11.4. The highest BCUT2D eigenvalue weighted by atomic mass is 35.5. The molecular formula is C8H7ClN2O4. The Morgan fingerprint density at radius 1 is 1.53 bits per heavy atom. The van der Waals surface area contributed by atoms with E-state index in [4.69, 9.17) is 16.8 Å². The van der Waals surface area contributed by atoms with Gasteiger partial charge in [0.25, 0.3) is 10.9 Å². The maximum absolute atomic E-state index is 10.8. The third-order valence-corrected chi connectivity index (χ3v) is 1.93. The summed E-state index contributed by atoms with van der Waals surface area (Å²) >= 11 is 5.19. The van der Waals surface area contributed by atoms with Gasteiger partial charge in [-0.1, -0.05) is 0 Å². The SMILES string of the molecule is CN(O)c1cc(C(=O)Cl)cc([N+](=O)[O-])c1. The van der Waals surface area contributed by atoms with Gasteiger partial charge in [0.15, 0.2) is 0 Å². The number of carbonyl (C=O) groups is 1. The zero-order chi connectivity index (χ0) is 11.6. The normalized spacial score (nSPS) is 9.80. The van der Waals surface area contributed by atoms with Crippen molar-refractivity contribution >= 4 is 28.2 Å². The van der Waals surface area contributed by atoms with Crippen LogP contribution in [-0.2, 0) is 0 Å². The molecular weight excluding hydrogens is 224 g/mol. The number of nitrogens with zero attached hydrogens (tertiary/aromatic N) is 2. The molecule has 0 heterocycles. The molecule has 15 heavy (non-hydrogen) atoms. The van der Waals surface area contributed by atoms with Gasteiger partial charge in [-0.25, -0.2) is 0 Å².